The molecule has 0 saturated heterocycles. The SMILES string of the molecule is C/C=C/C1=CCC2(C)C(CCC3(C)C4CCC5(C(=O)N(C)C)CCCC5C4CCC23)C1. The van der Waals surface area contributed by atoms with Gasteiger partial charge >= 0.3 is 0 Å². The molecule has 0 aromatic heterocycles. The smallest absolute Gasteiger partial charge is 0.228 e. The van der Waals surface area contributed by atoms with Crippen LogP contribution in [-0.4, -0.2) is 24.9 Å². The minimum Gasteiger partial charge on any atom is -0.348 e. The fourth-order valence-corrected chi connectivity index (χ4v) is 10.2. The van der Waals surface area contributed by atoms with Crippen molar-refractivity contribution >= 4 is 5.91 Å². The lowest BCUT2D eigenvalue weighted by molar-refractivity contribution is -0.176. The molecule has 0 N–H and O–H groups in total. The Bertz CT molecular complexity index is 795. The van der Waals surface area contributed by atoms with E-state index >= 15 is 0 Å². The fraction of sp³-hybridized carbons (Fsp3) is 0.828. The summed E-state index contributed by atoms with van der Waals surface area (Å²) in [5.74, 6) is 4.46. The molecule has 8 unspecified atom stereocenters. The molecule has 5 rings (SSSR count). The van der Waals surface area contributed by atoms with Gasteiger partial charge in [-0.1, -0.05) is 44.1 Å². The molecule has 8 atom stereocenters. The molecular formula is C29H45NO. The Kier molecular flexibility index (Phi) is 5.26. The molecule has 0 aliphatic heterocycles. The first kappa shape index (κ1) is 21.8. The Hall–Kier alpha value is -1.05. The minimum atomic E-state index is -0.0239. The van der Waals surface area contributed by atoms with Crippen LogP contribution in [0.5, 0.6) is 0 Å². The number of fused-ring (bicyclic) bond motifs is 7. The van der Waals surface area contributed by atoms with Crippen LogP contribution in [0.1, 0.15) is 91.4 Å². The van der Waals surface area contributed by atoms with E-state index in [9.17, 15) is 4.79 Å². The number of nitrogens with zero attached hydrogens (tertiary/aromatic N) is 1. The van der Waals surface area contributed by atoms with Crippen LogP contribution < -0.4 is 0 Å². The zero-order valence-electron chi connectivity index (χ0n) is 20.8. The largest absolute Gasteiger partial charge is 0.348 e. The van der Waals surface area contributed by atoms with E-state index < -0.39 is 0 Å². The third-order valence-corrected chi connectivity index (χ3v) is 11.5. The fourth-order valence-electron chi connectivity index (χ4n) is 10.2. The lowest BCUT2D eigenvalue weighted by atomic mass is 9.38. The van der Waals surface area contributed by atoms with Crippen molar-refractivity contribution in [2.75, 3.05) is 14.1 Å². The topological polar surface area (TPSA) is 20.3 Å². The maximum absolute atomic E-state index is 13.4. The molecule has 4 fully saturated rings. The summed E-state index contributed by atoms with van der Waals surface area (Å²) in [4.78, 5) is 15.3. The van der Waals surface area contributed by atoms with Gasteiger partial charge in [0.2, 0.25) is 5.91 Å². The molecule has 31 heavy (non-hydrogen) atoms. The zero-order valence-corrected chi connectivity index (χ0v) is 20.8. The average molecular weight is 424 g/mol. The second-order valence-corrected chi connectivity index (χ2v) is 12.7. The van der Waals surface area contributed by atoms with Crippen molar-refractivity contribution in [3.05, 3.63) is 23.8 Å². The highest BCUT2D eigenvalue weighted by atomic mass is 16.2. The summed E-state index contributed by atoms with van der Waals surface area (Å²) in [7, 11) is 3.97. The van der Waals surface area contributed by atoms with Gasteiger partial charge < -0.3 is 4.90 Å². The van der Waals surface area contributed by atoms with E-state index in [2.05, 4.69) is 39.0 Å². The molecule has 2 nitrogen and oxygen atoms in total. The summed E-state index contributed by atoms with van der Waals surface area (Å²) in [6.45, 7) is 7.50. The van der Waals surface area contributed by atoms with E-state index in [1.807, 2.05) is 19.0 Å². The van der Waals surface area contributed by atoms with Gasteiger partial charge in [-0.2, -0.15) is 0 Å². The van der Waals surface area contributed by atoms with Crippen molar-refractivity contribution < 1.29 is 4.79 Å². The maximum atomic E-state index is 13.4. The summed E-state index contributed by atoms with van der Waals surface area (Å²) in [6, 6.07) is 0. The summed E-state index contributed by atoms with van der Waals surface area (Å²) >= 11 is 0. The highest BCUT2D eigenvalue weighted by molar-refractivity contribution is 5.83. The minimum absolute atomic E-state index is 0.0239. The van der Waals surface area contributed by atoms with Crippen molar-refractivity contribution in [2.24, 2.45) is 45.8 Å². The molecule has 0 heterocycles. The quantitative estimate of drug-likeness (QED) is 0.467. The van der Waals surface area contributed by atoms with Crippen LogP contribution in [0.4, 0.5) is 0 Å². The number of carbonyl (C=O) groups excluding carboxylic acids is 1. The van der Waals surface area contributed by atoms with E-state index in [0.717, 1.165) is 36.5 Å². The normalized spacial score (nSPS) is 48.9. The molecule has 5 aliphatic rings. The first-order valence-electron chi connectivity index (χ1n) is 13.3. The number of hydrogen-bond acceptors (Lipinski definition) is 1. The van der Waals surface area contributed by atoms with Crippen LogP contribution in [0, 0.1) is 45.8 Å². The van der Waals surface area contributed by atoms with Crippen LogP contribution in [0.25, 0.3) is 0 Å². The van der Waals surface area contributed by atoms with Crippen molar-refractivity contribution in [3.8, 4) is 0 Å². The second-order valence-electron chi connectivity index (χ2n) is 12.7. The highest BCUT2D eigenvalue weighted by Gasteiger charge is 2.64. The number of hydrogen-bond donors (Lipinski definition) is 0. The van der Waals surface area contributed by atoms with Crippen molar-refractivity contribution in [3.63, 3.8) is 0 Å². The molecule has 0 aromatic carbocycles. The molecule has 5 aliphatic carbocycles. The molecule has 4 saturated carbocycles. The van der Waals surface area contributed by atoms with Crippen molar-refractivity contribution in [1.82, 2.24) is 4.90 Å². The molecule has 0 radical (unpaired) electrons. The number of allylic oxidation sites excluding steroid dienone is 4. The predicted octanol–water partition coefficient (Wildman–Crippen LogP) is 7.02. The Morgan fingerprint density at radius 1 is 1.00 bits per heavy atom. The van der Waals surface area contributed by atoms with Crippen molar-refractivity contribution in [1.29, 1.82) is 0 Å². The number of rotatable bonds is 2. The van der Waals surface area contributed by atoms with Gasteiger partial charge in [-0.25, -0.2) is 0 Å². The van der Waals surface area contributed by atoms with E-state index in [4.69, 9.17) is 0 Å². The van der Waals surface area contributed by atoms with Gasteiger partial charge in [-0.15, -0.1) is 0 Å². The average Bonchev–Trinajstić information content (AvgIpc) is 3.19. The van der Waals surface area contributed by atoms with Gasteiger partial charge in [-0.05, 0) is 112 Å². The van der Waals surface area contributed by atoms with Crippen LogP contribution in [0.3, 0.4) is 0 Å². The molecule has 0 bridgehead atoms. The van der Waals surface area contributed by atoms with E-state index in [-0.39, 0.29) is 5.41 Å². The highest BCUT2D eigenvalue weighted by Crippen LogP contribution is 2.71. The lowest BCUT2D eigenvalue weighted by Crippen LogP contribution is -2.60. The van der Waals surface area contributed by atoms with E-state index in [0.29, 0.717) is 22.7 Å². The maximum Gasteiger partial charge on any atom is 0.228 e. The van der Waals surface area contributed by atoms with Gasteiger partial charge in [0.1, 0.15) is 0 Å². The number of carbonyl (C=O) groups is 1. The third kappa shape index (κ3) is 2.98. The Balaban J connectivity index is 1.44. The third-order valence-electron chi connectivity index (χ3n) is 11.5. The first-order chi connectivity index (χ1) is 14.8. The zero-order chi connectivity index (χ0) is 22.0. The summed E-state index contributed by atoms with van der Waals surface area (Å²) in [5.41, 5.74) is 2.52. The predicted molar refractivity (Wildman–Crippen MR) is 128 cm³/mol. The molecule has 2 heteroatoms. The summed E-state index contributed by atoms with van der Waals surface area (Å²) in [5, 5.41) is 0. The van der Waals surface area contributed by atoms with Crippen LogP contribution in [0.2, 0.25) is 0 Å². The van der Waals surface area contributed by atoms with Crippen molar-refractivity contribution in [2.45, 2.75) is 91.4 Å². The molecule has 172 valence electrons. The monoisotopic (exact) mass is 423 g/mol. The van der Waals surface area contributed by atoms with Crippen LogP contribution in [0.15, 0.2) is 23.8 Å². The van der Waals surface area contributed by atoms with Gasteiger partial charge in [0, 0.05) is 14.1 Å². The van der Waals surface area contributed by atoms with Gasteiger partial charge in [0.25, 0.3) is 0 Å². The molecule has 0 spiro atoms. The lowest BCUT2D eigenvalue weighted by Gasteiger charge is -2.66. The second kappa shape index (κ2) is 7.49. The van der Waals surface area contributed by atoms with E-state index in [1.165, 1.54) is 57.8 Å². The number of amides is 1. The Morgan fingerprint density at radius 2 is 1.81 bits per heavy atom. The standard InChI is InChI=1S/C29H45NO/c1-6-8-20-12-16-27(2)21(19-20)13-17-28(3)23-14-18-29(26(31)30(4)5)15-7-9-24(29)22(23)10-11-25(27)28/h6,8,12,21-25H,7,9-11,13-19H2,1-5H3/b8-6+. The van der Waals surface area contributed by atoms with Gasteiger partial charge in [-0.3, -0.25) is 4.79 Å². The Morgan fingerprint density at radius 3 is 2.55 bits per heavy atom. The summed E-state index contributed by atoms with van der Waals surface area (Å²) < 4.78 is 0. The van der Waals surface area contributed by atoms with E-state index in [1.54, 1.807) is 5.57 Å². The summed E-state index contributed by atoms with van der Waals surface area (Å²) in [6.07, 6.45) is 21.5. The van der Waals surface area contributed by atoms with Crippen LogP contribution in [-0.2, 0) is 4.79 Å². The first-order valence-corrected chi connectivity index (χ1v) is 13.3. The van der Waals surface area contributed by atoms with Gasteiger partial charge in [0.15, 0.2) is 0 Å². The Labute approximate surface area is 190 Å². The van der Waals surface area contributed by atoms with Crippen LogP contribution >= 0.6 is 0 Å². The molecule has 1 amide bonds. The van der Waals surface area contributed by atoms with Gasteiger partial charge in [0.05, 0.1) is 5.41 Å². The molecular weight excluding hydrogens is 378 g/mol. The molecule has 0 aromatic rings.